The summed E-state index contributed by atoms with van der Waals surface area (Å²) in [6, 6.07) is 3.79. The van der Waals surface area contributed by atoms with E-state index >= 15 is 0 Å². The van der Waals surface area contributed by atoms with Crippen molar-refractivity contribution >= 4 is 5.82 Å². The number of nitrogen functional groups attached to an aromatic ring is 1. The van der Waals surface area contributed by atoms with E-state index < -0.39 is 0 Å². The molecule has 0 atom stereocenters. The quantitative estimate of drug-likeness (QED) is 0.857. The zero-order valence-electron chi connectivity index (χ0n) is 10.3. The summed E-state index contributed by atoms with van der Waals surface area (Å²) in [5.41, 5.74) is 8.84. The number of aromatic nitrogens is 3. The summed E-state index contributed by atoms with van der Waals surface area (Å²) < 4.78 is 0. The van der Waals surface area contributed by atoms with Crippen molar-refractivity contribution in [3.8, 4) is 11.4 Å². The van der Waals surface area contributed by atoms with Gasteiger partial charge in [-0.15, -0.1) is 0 Å². The van der Waals surface area contributed by atoms with Crippen molar-refractivity contribution in [1.82, 2.24) is 15.0 Å². The number of nitrogens with two attached hydrogens (primary N) is 1. The van der Waals surface area contributed by atoms with Crippen LogP contribution in [0, 0.1) is 6.92 Å². The standard InChI is InChI=1S/C13H16N4/c1-8(2)11-9(3)16-13(17-12(11)14)10-5-4-6-15-7-10/h4-8H,1-3H3,(H2,14,16,17). The van der Waals surface area contributed by atoms with Crippen LogP contribution in [0.3, 0.4) is 0 Å². The van der Waals surface area contributed by atoms with Crippen LogP contribution in [0.25, 0.3) is 11.4 Å². The Morgan fingerprint density at radius 2 is 2.00 bits per heavy atom. The van der Waals surface area contributed by atoms with Crippen LogP contribution in [0.5, 0.6) is 0 Å². The molecule has 2 aromatic heterocycles. The van der Waals surface area contributed by atoms with Gasteiger partial charge in [-0.3, -0.25) is 4.98 Å². The highest BCUT2D eigenvalue weighted by atomic mass is 15.0. The van der Waals surface area contributed by atoms with E-state index in [1.54, 1.807) is 12.4 Å². The molecular formula is C13H16N4. The third-order valence-corrected chi connectivity index (χ3v) is 2.66. The van der Waals surface area contributed by atoms with Gasteiger partial charge in [-0.05, 0) is 25.0 Å². The molecule has 0 fully saturated rings. The van der Waals surface area contributed by atoms with Gasteiger partial charge in [0.2, 0.25) is 0 Å². The van der Waals surface area contributed by atoms with Crippen LogP contribution in [0.1, 0.15) is 31.0 Å². The maximum absolute atomic E-state index is 5.99. The largest absolute Gasteiger partial charge is 0.383 e. The zero-order valence-corrected chi connectivity index (χ0v) is 10.3. The van der Waals surface area contributed by atoms with Crippen molar-refractivity contribution in [3.05, 3.63) is 35.8 Å². The lowest BCUT2D eigenvalue weighted by Gasteiger charge is -2.12. The van der Waals surface area contributed by atoms with Crippen LogP contribution in [0.4, 0.5) is 5.82 Å². The molecule has 0 radical (unpaired) electrons. The Labute approximate surface area is 101 Å². The SMILES string of the molecule is Cc1nc(-c2cccnc2)nc(N)c1C(C)C. The minimum atomic E-state index is 0.331. The maximum Gasteiger partial charge on any atom is 0.163 e. The molecule has 2 aromatic rings. The Kier molecular flexibility index (Phi) is 3.04. The second-order valence-electron chi connectivity index (χ2n) is 4.33. The molecule has 0 unspecified atom stereocenters. The Morgan fingerprint density at radius 3 is 2.53 bits per heavy atom. The lowest BCUT2D eigenvalue weighted by atomic mass is 10.0. The number of rotatable bonds is 2. The first-order chi connectivity index (χ1) is 8.09. The Balaban J connectivity index is 2.53. The van der Waals surface area contributed by atoms with Crippen LogP contribution in [-0.2, 0) is 0 Å². The van der Waals surface area contributed by atoms with Crippen molar-refractivity contribution in [1.29, 1.82) is 0 Å². The molecule has 0 bridgehead atoms. The number of hydrogen-bond acceptors (Lipinski definition) is 4. The number of anilines is 1. The van der Waals surface area contributed by atoms with Gasteiger partial charge in [-0.2, -0.15) is 0 Å². The molecule has 0 aliphatic carbocycles. The minimum Gasteiger partial charge on any atom is -0.383 e. The average molecular weight is 228 g/mol. The van der Waals surface area contributed by atoms with Crippen LogP contribution in [0.15, 0.2) is 24.5 Å². The van der Waals surface area contributed by atoms with E-state index in [2.05, 4.69) is 28.8 Å². The molecule has 2 N–H and O–H groups in total. The summed E-state index contributed by atoms with van der Waals surface area (Å²) in [6.45, 7) is 6.14. The molecule has 0 aliphatic rings. The third-order valence-electron chi connectivity index (χ3n) is 2.66. The van der Waals surface area contributed by atoms with Crippen molar-refractivity contribution in [3.63, 3.8) is 0 Å². The van der Waals surface area contributed by atoms with Gasteiger partial charge in [-0.25, -0.2) is 9.97 Å². The summed E-state index contributed by atoms with van der Waals surface area (Å²) >= 11 is 0. The van der Waals surface area contributed by atoms with E-state index in [1.807, 2.05) is 19.1 Å². The Morgan fingerprint density at radius 1 is 1.24 bits per heavy atom. The smallest absolute Gasteiger partial charge is 0.163 e. The second-order valence-corrected chi connectivity index (χ2v) is 4.33. The van der Waals surface area contributed by atoms with Crippen LogP contribution >= 0.6 is 0 Å². The van der Waals surface area contributed by atoms with E-state index in [4.69, 9.17) is 5.73 Å². The molecule has 4 heteroatoms. The van der Waals surface area contributed by atoms with Crippen molar-refractivity contribution in [2.24, 2.45) is 0 Å². The van der Waals surface area contributed by atoms with E-state index in [0.29, 0.717) is 17.6 Å². The van der Waals surface area contributed by atoms with Gasteiger partial charge in [-0.1, -0.05) is 13.8 Å². The Bertz CT molecular complexity index is 497. The van der Waals surface area contributed by atoms with Gasteiger partial charge in [0.25, 0.3) is 0 Å². The molecule has 4 nitrogen and oxygen atoms in total. The van der Waals surface area contributed by atoms with Crippen LogP contribution < -0.4 is 5.73 Å². The first kappa shape index (κ1) is 11.5. The molecule has 0 spiro atoms. The topological polar surface area (TPSA) is 64.7 Å². The molecule has 0 aromatic carbocycles. The monoisotopic (exact) mass is 228 g/mol. The van der Waals surface area contributed by atoms with Crippen molar-refractivity contribution < 1.29 is 0 Å². The predicted molar refractivity (Wildman–Crippen MR) is 68.5 cm³/mol. The molecule has 88 valence electrons. The molecular weight excluding hydrogens is 212 g/mol. The van der Waals surface area contributed by atoms with E-state index in [9.17, 15) is 0 Å². The van der Waals surface area contributed by atoms with Crippen molar-refractivity contribution in [2.45, 2.75) is 26.7 Å². The van der Waals surface area contributed by atoms with E-state index in [1.165, 1.54) is 0 Å². The fourth-order valence-corrected chi connectivity index (χ4v) is 1.94. The molecule has 0 amide bonds. The zero-order chi connectivity index (χ0) is 12.4. The van der Waals surface area contributed by atoms with E-state index in [0.717, 1.165) is 16.8 Å². The fraction of sp³-hybridized carbons (Fsp3) is 0.308. The number of aryl methyl sites for hydroxylation is 1. The summed E-state index contributed by atoms with van der Waals surface area (Å²) in [6.07, 6.45) is 3.46. The molecule has 2 heterocycles. The van der Waals surface area contributed by atoms with Crippen LogP contribution in [-0.4, -0.2) is 15.0 Å². The lowest BCUT2D eigenvalue weighted by Crippen LogP contribution is -2.06. The second kappa shape index (κ2) is 4.49. The van der Waals surface area contributed by atoms with Gasteiger partial charge in [0.1, 0.15) is 5.82 Å². The normalized spacial score (nSPS) is 10.8. The van der Waals surface area contributed by atoms with E-state index in [-0.39, 0.29) is 0 Å². The van der Waals surface area contributed by atoms with Crippen molar-refractivity contribution in [2.75, 3.05) is 5.73 Å². The van der Waals surface area contributed by atoms with Crippen LogP contribution in [0.2, 0.25) is 0 Å². The molecule has 0 aliphatic heterocycles. The summed E-state index contributed by atoms with van der Waals surface area (Å²) in [4.78, 5) is 12.9. The fourth-order valence-electron chi connectivity index (χ4n) is 1.94. The van der Waals surface area contributed by atoms with Gasteiger partial charge < -0.3 is 5.73 Å². The number of hydrogen-bond donors (Lipinski definition) is 1. The van der Waals surface area contributed by atoms with Gasteiger partial charge >= 0.3 is 0 Å². The molecule has 0 saturated heterocycles. The van der Waals surface area contributed by atoms with Gasteiger partial charge in [0.05, 0.1) is 0 Å². The molecule has 0 saturated carbocycles. The highest BCUT2D eigenvalue weighted by Crippen LogP contribution is 2.25. The highest BCUT2D eigenvalue weighted by molar-refractivity contribution is 5.58. The first-order valence-corrected chi connectivity index (χ1v) is 5.64. The average Bonchev–Trinajstić information content (AvgIpc) is 2.28. The minimum absolute atomic E-state index is 0.331. The molecule has 17 heavy (non-hydrogen) atoms. The highest BCUT2D eigenvalue weighted by Gasteiger charge is 2.13. The summed E-state index contributed by atoms with van der Waals surface area (Å²) in [7, 11) is 0. The number of pyridine rings is 1. The maximum atomic E-state index is 5.99. The predicted octanol–water partition coefficient (Wildman–Crippen LogP) is 2.55. The summed E-state index contributed by atoms with van der Waals surface area (Å²) in [5.74, 6) is 1.53. The number of nitrogens with zero attached hydrogens (tertiary/aromatic N) is 3. The molecule has 2 rings (SSSR count). The Hall–Kier alpha value is -1.97. The summed E-state index contributed by atoms with van der Waals surface area (Å²) in [5, 5.41) is 0. The lowest BCUT2D eigenvalue weighted by molar-refractivity contribution is 0.836. The van der Waals surface area contributed by atoms with Gasteiger partial charge in [0.15, 0.2) is 5.82 Å². The first-order valence-electron chi connectivity index (χ1n) is 5.64. The third kappa shape index (κ3) is 2.25. The van der Waals surface area contributed by atoms with Gasteiger partial charge in [0, 0.05) is 29.2 Å².